The van der Waals surface area contributed by atoms with E-state index in [1.165, 1.54) is 0 Å². The Bertz CT molecular complexity index is 804. The van der Waals surface area contributed by atoms with Crippen LogP contribution in [0.1, 0.15) is 5.69 Å². The van der Waals surface area contributed by atoms with Crippen molar-refractivity contribution < 1.29 is 14.2 Å². The molecule has 2 aromatic heterocycles. The quantitative estimate of drug-likeness (QED) is 0.737. The molecule has 0 fully saturated rings. The predicted octanol–water partition coefficient (Wildman–Crippen LogP) is 3.14. The number of ether oxygens (including phenoxy) is 3. The van der Waals surface area contributed by atoms with Crippen LogP contribution in [0.3, 0.4) is 0 Å². The second-order valence-electron chi connectivity index (χ2n) is 4.65. The Morgan fingerprint density at radius 1 is 0.864 bits per heavy atom. The smallest absolute Gasteiger partial charge is 0.238 e. The van der Waals surface area contributed by atoms with Gasteiger partial charge in [0.25, 0.3) is 0 Å². The first-order valence-corrected chi connectivity index (χ1v) is 6.70. The maximum atomic E-state index is 5.81. The van der Waals surface area contributed by atoms with Gasteiger partial charge >= 0.3 is 0 Å². The molecule has 22 heavy (non-hydrogen) atoms. The maximum Gasteiger partial charge on any atom is 0.238 e. The van der Waals surface area contributed by atoms with Crippen LogP contribution in [-0.2, 0) is 0 Å². The molecule has 112 valence electrons. The molecule has 0 N–H and O–H groups in total. The number of rotatable bonds is 4. The van der Waals surface area contributed by atoms with Gasteiger partial charge in [0.1, 0.15) is 5.75 Å². The van der Waals surface area contributed by atoms with Crippen molar-refractivity contribution in [2.24, 2.45) is 0 Å². The Morgan fingerprint density at radius 2 is 1.64 bits per heavy atom. The molecule has 2 heterocycles. The monoisotopic (exact) mass is 297 g/mol. The van der Waals surface area contributed by atoms with Crippen LogP contribution in [0.4, 0.5) is 0 Å². The van der Waals surface area contributed by atoms with E-state index in [0.29, 0.717) is 23.1 Å². The highest BCUT2D eigenvalue weighted by Crippen LogP contribution is 2.36. The van der Waals surface area contributed by atoms with E-state index in [2.05, 4.69) is 15.2 Å². The lowest BCUT2D eigenvalue weighted by molar-refractivity contribution is 0.355. The Labute approximate surface area is 127 Å². The SMILES string of the molecule is COc1cc2nccc(Oc3ccc(C)nn3)c2cc1OC. The van der Waals surface area contributed by atoms with E-state index in [9.17, 15) is 0 Å². The number of hydrogen-bond donors (Lipinski definition) is 0. The molecule has 0 aliphatic rings. The van der Waals surface area contributed by atoms with Gasteiger partial charge in [0, 0.05) is 23.7 Å². The molecule has 0 aliphatic heterocycles. The molecule has 3 aromatic rings. The highest BCUT2D eigenvalue weighted by Gasteiger charge is 2.11. The van der Waals surface area contributed by atoms with Crippen molar-refractivity contribution >= 4 is 10.9 Å². The van der Waals surface area contributed by atoms with Crippen LogP contribution in [0.2, 0.25) is 0 Å². The standard InChI is InChI=1S/C16H15N3O3/c1-10-4-5-16(19-18-10)22-13-6-7-17-12-9-15(21-3)14(20-2)8-11(12)13/h4-9H,1-3H3. The zero-order valence-electron chi connectivity index (χ0n) is 12.5. The molecule has 0 unspecified atom stereocenters. The lowest BCUT2D eigenvalue weighted by Crippen LogP contribution is -1.95. The number of fused-ring (bicyclic) bond motifs is 1. The summed E-state index contributed by atoms with van der Waals surface area (Å²) in [5.41, 5.74) is 1.58. The normalized spacial score (nSPS) is 10.5. The molecule has 3 rings (SSSR count). The molecule has 0 radical (unpaired) electrons. The average molecular weight is 297 g/mol. The number of hydrogen-bond acceptors (Lipinski definition) is 6. The van der Waals surface area contributed by atoms with E-state index < -0.39 is 0 Å². The van der Waals surface area contributed by atoms with Crippen LogP contribution < -0.4 is 14.2 Å². The fraction of sp³-hybridized carbons (Fsp3) is 0.188. The van der Waals surface area contributed by atoms with Gasteiger partial charge in [0.2, 0.25) is 5.88 Å². The maximum absolute atomic E-state index is 5.81. The number of nitrogens with zero attached hydrogens (tertiary/aromatic N) is 3. The van der Waals surface area contributed by atoms with Gasteiger partial charge in [-0.25, -0.2) is 0 Å². The number of methoxy groups -OCH3 is 2. The Hall–Kier alpha value is -2.89. The number of benzene rings is 1. The minimum atomic E-state index is 0.424. The molecule has 0 bridgehead atoms. The van der Waals surface area contributed by atoms with E-state index in [4.69, 9.17) is 14.2 Å². The van der Waals surface area contributed by atoms with E-state index >= 15 is 0 Å². The Kier molecular flexibility index (Phi) is 3.74. The number of aromatic nitrogens is 3. The van der Waals surface area contributed by atoms with Crippen LogP contribution >= 0.6 is 0 Å². The van der Waals surface area contributed by atoms with Crippen molar-refractivity contribution in [1.82, 2.24) is 15.2 Å². The predicted molar refractivity (Wildman–Crippen MR) is 81.7 cm³/mol. The second-order valence-corrected chi connectivity index (χ2v) is 4.65. The van der Waals surface area contributed by atoms with E-state index in [0.717, 1.165) is 16.6 Å². The highest BCUT2D eigenvalue weighted by molar-refractivity contribution is 5.88. The van der Waals surface area contributed by atoms with Gasteiger partial charge in [-0.2, -0.15) is 5.10 Å². The van der Waals surface area contributed by atoms with Gasteiger partial charge in [0.05, 0.1) is 25.4 Å². The van der Waals surface area contributed by atoms with Crippen molar-refractivity contribution in [3.8, 4) is 23.1 Å². The first-order valence-electron chi connectivity index (χ1n) is 6.70. The fourth-order valence-corrected chi connectivity index (χ4v) is 2.09. The van der Waals surface area contributed by atoms with E-state index in [1.54, 1.807) is 32.5 Å². The van der Waals surface area contributed by atoms with E-state index in [1.807, 2.05) is 25.1 Å². The molecule has 0 saturated carbocycles. The summed E-state index contributed by atoms with van der Waals surface area (Å²) < 4.78 is 16.4. The Morgan fingerprint density at radius 3 is 2.32 bits per heavy atom. The molecular weight excluding hydrogens is 282 g/mol. The number of aryl methyl sites for hydroxylation is 1. The van der Waals surface area contributed by atoms with Gasteiger partial charge in [-0.05, 0) is 25.1 Å². The van der Waals surface area contributed by atoms with Crippen molar-refractivity contribution in [2.45, 2.75) is 6.92 Å². The first-order chi connectivity index (χ1) is 10.7. The summed E-state index contributed by atoms with van der Waals surface area (Å²) in [5.74, 6) is 2.29. The second kappa shape index (κ2) is 5.85. The molecule has 0 amide bonds. The van der Waals surface area contributed by atoms with Crippen LogP contribution in [0.15, 0.2) is 36.5 Å². The van der Waals surface area contributed by atoms with Crippen molar-refractivity contribution in [3.63, 3.8) is 0 Å². The molecule has 0 spiro atoms. The van der Waals surface area contributed by atoms with Crippen LogP contribution in [-0.4, -0.2) is 29.4 Å². The first kappa shape index (κ1) is 14.1. The molecule has 1 aromatic carbocycles. The van der Waals surface area contributed by atoms with E-state index in [-0.39, 0.29) is 0 Å². The third-order valence-corrected chi connectivity index (χ3v) is 3.19. The van der Waals surface area contributed by atoms with Crippen molar-refractivity contribution in [1.29, 1.82) is 0 Å². The van der Waals surface area contributed by atoms with Crippen molar-refractivity contribution in [2.75, 3.05) is 14.2 Å². The summed E-state index contributed by atoms with van der Waals surface area (Å²) >= 11 is 0. The molecular formula is C16H15N3O3. The summed E-state index contributed by atoms with van der Waals surface area (Å²) in [6.45, 7) is 1.87. The minimum absolute atomic E-state index is 0.424. The van der Waals surface area contributed by atoms with Gasteiger partial charge in [0.15, 0.2) is 11.5 Å². The average Bonchev–Trinajstić information content (AvgIpc) is 2.56. The molecule has 0 atom stereocenters. The highest BCUT2D eigenvalue weighted by atomic mass is 16.5. The Balaban J connectivity index is 2.07. The minimum Gasteiger partial charge on any atom is -0.493 e. The summed E-state index contributed by atoms with van der Waals surface area (Å²) in [5, 5.41) is 8.80. The summed E-state index contributed by atoms with van der Waals surface area (Å²) in [4.78, 5) is 4.33. The zero-order valence-corrected chi connectivity index (χ0v) is 12.5. The van der Waals surface area contributed by atoms with Crippen LogP contribution in [0, 0.1) is 6.92 Å². The van der Waals surface area contributed by atoms with Gasteiger partial charge in [-0.3, -0.25) is 4.98 Å². The van der Waals surface area contributed by atoms with Gasteiger partial charge in [-0.1, -0.05) is 0 Å². The summed E-state index contributed by atoms with van der Waals surface area (Å²) in [7, 11) is 3.18. The van der Waals surface area contributed by atoms with Crippen LogP contribution in [0.5, 0.6) is 23.1 Å². The lowest BCUT2D eigenvalue weighted by Gasteiger charge is -2.11. The van der Waals surface area contributed by atoms with Gasteiger partial charge in [-0.15, -0.1) is 5.10 Å². The van der Waals surface area contributed by atoms with Gasteiger partial charge < -0.3 is 14.2 Å². The summed E-state index contributed by atoms with van der Waals surface area (Å²) in [6, 6.07) is 9.03. The lowest BCUT2D eigenvalue weighted by atomic mass is 10.2. The molecule has 6 heteroatoms. The topological polar surface area (TPSA) is 66.4 Å². The van der Waals surface area contributed by atoms with Crippen LogP contribution in [0.25, 0.3) is 10.9 Å². The van der Waals surface area contributed by atoms with Crippen molar-refractivity contribution in [3.05, 3.63) is 42.2 Å². The third-order valence-electron chi connectivity index (χ3n) is 3.19. The molecule has 0 saturated heterocycles. The molecule has 6 nitrogen and oxygen atoms in total. The largest absolute Gasteiger partial charge is 0.493 e. The summed E-state index contributed by atoms with van der Waals surface area (Å²) in [6.07, 6.45) is 1.67. The fourth-order valence-electron chi connectivity index (χ4n) is 2.09. The molecule has 0 aliphatic carbocycles. The number of pyridine rings is 1. The zero-order chi connectivity index (χ0) is 15.5. The third kappa shape index (κ3) is 2.63.